The van der Waals surface area contributed by atoms with Gasteiger partial charge < -0.3 is 10.4 Å². The maximum Gasteiger partial charge on any atom is 0.115 e. The number of aromatic hydroxyl groups is 1. The van der Waals surface area contributed by atoms with Crippen LogP contribution in [0.25, 0.3) is 0 Å². The average Bonchev–Trinajstić information content (AvgIpc) is 2.00. The summed E-state index contributed by atoms with van der Waals surface area (Å²) in [4.78, 5) is 0. The van der Waals surface area contributed by atoms with E-state index >= 15 is 0 Å². The molecule has 0 aliphatic rings. The van der Waals surface area contributed by atoms with Crippen molar-refractivity contribution in [3.05, 3.63) is 29.8 Å². The Morgan fingerprint density at radius 1 is 1.31 bits per heavy atom. The molecule has 0 aliphatic carbocycles. The van der Waals surface area contributed by atoms with E-state index in [1.54, 1.807) is 12.1 Å². The van der Waals surface area contributed by atoms with Gasteiger partial charge >= 0.3 is 0 Å². The minimum absolute atomic E-state index is 0.117. The normalized spacial score (nSPS) is 11.6. The lowest BCUT2D eigenvalue weighted by Crippen LogP contribution is -2.34. The van der Waals surface area contributed by atoms with E-state index in [9.17, 15) is 5.11 Å². The smallest absolute Gasteiger partial charge is 0.115 e. The molecule has 0 radical (unpaired) electrons. The van der Waals surface area contributed by atoms with Gasteiger partial charge in [0, 0.05) is 12.1 Å². The van der Waals surface area contributed by atoms with Crippen LogP contribution in [0.5, 0.6) is 5.75 Å². The summed E-state index contributed by atoms with van der Waals surface area (Å²) in [7, 11) is 0. The standard InChI is InChI=1S/C11H17NO/c1-11(2,3)12-8-9-5-4-6-10(13)7-9/h4-7,12-13H,8H2,1-3H3. The van der Waals surface area contributed by atoms with Gasteiger partial charge in [-0.3, -0.25) is 0 Å². The van der Waals surface area contributed by atoms with Gasteiger partial charge in [0.15, 0.2) is 0 Å². The molecule has 72 valence electrons. The van der Waals surface area contributed by atoms with Crippen LogP contribution in [-0.2, 0) is 6.54 Å². The molecule has 2 N–H and O–H groups in total. The van der Waals surface area contributed by atoms with Crippen molar-refractivity contribution < 1.29 is 5.11 Å². The summed E-state index contributed by atoms with van der Waals surface area (Å²) in [5, 5.41) is 12.6. The lowest BCUT2D eigenvalue weighted by molar-refractivity contribution is 0.422. The Kier molecular flexibility index (Phi) is 2.94. The highest BCUT2D eigenvalue weighted by molar-refractivity contribution is 5.26. The highest BCUT2D eigenvalue weighted by Gasteiger charge is 2.07. The molecule has 2 heteroatoms. The number of hydrogen-bond donors (Lipinski definition) is 2. The van der Waals surface area contributed by atoms with E-state index < -0.39 is 0 Å². The Morgan fingerprint density at radius 2 is 2.00 bits per heavy atom. The van der Waals surface area contributed by atoms with E-state index in [-0.39, 0.29) is 5.54 Å². The SMILES string of the molecule is CC(C)(C)NCc1cccc(O)c1. The van der Waals surface area contributed by atoms with Gasteiger partial charge in [-0.05, 0) is 38.5 Å². The maximum absolute atomic E-state index is 9.21. The quantitative estimate of drug-likeness (QED) is 0.730. The molecule has 13 heavy (non-hydrogen) atoms. The minimum Gasteiger partial charge on any atom is -0.508 e. The van der Waals surface area contributed by atoms with E-state index in [4.69, 9.17) is 0 Å². The molecule has 0 fully saturated rings. The van der Waals surface area contributed by atoms with Crippen molar-refractivity contribution in [2.75, 3.05) is 0 Å². The predicted octanol–water partition coefficient (Wildman–Crippen LogP) is 2.28. The van der Waals surface area contributed by atoms with Crippen molar-refractivity contribution in [1.29, 1.82) is 0 Å². The molecule has 1 rings (SSSR count). The topological polar surface area (TPSA) is 32.3 Å². The Morgan fingerprint density at radius 3 is 2.54 bits per heavy atom. The lowest BCUT2D eigenvalue weighted by Gasteiger charge is -2.20. The van der Waals surface area contributed by atoms with Crippen LogP contribution in [0.2, 0.25) is 0 Å². The molecule has 0 bridgehead atoms. The van der Waals surface area contributed by atoms with Gasteiger partial charge in [-0.1, -0.05) is 12.1 Å². The van der Waals surface area contributed by atoms with Crippen LogP contribution in [0.1, 0.15) is 26.3 Å². The number of nitrogens with one attached hydrogen (secondary N) is 1. The first-order valence-corrected chi connectivity index (χ1v) is 4.50. The van der Waals surface area contributed by atoms with Gasteiger partial charge in [0.1, 0.15) is 5.75 Å². The summed E-state index contributed by atoms with van der Waals surface area (Å²) < 4.78 is 0. The summed E-state index contributed by atoms with van der Waals surface area (Å²) >= 11 is 0. The van der Waals surface area contributed by atoms with Gasteiger partial charge in [0.25, 0.3) is 0 Å². The van der Waals surface area contributed by atoms with Gasteiger partial charge in [-0.25, -0.2) is 0 Å². The number of benzene rings is 1. The molecule has 1 aromatic rings. The molecule has 0 heterocycles. The largest absolute Gasteiger partial charge is 0.508 e. The fourth-order valence-corrected chi connectivity index (χ4v) is 1.03. The molecule has 0 amide bonds. The van der Waals surface area contributed by atoms with Crippen LogP contribution in [-0.4, -0.2) is 10.6 Å². The second-order valence-corrected chi connectivity index (χ2v) is 4.27. The first-order valence-electron chi connectivity index (χ1n) is 4.50. The van der Waals surface area contributed by atoms with Crippen LogP contribution in [0.4, 0.5) is 0 Å². The zero-order chi connectivity index (χ0) is 9.90. The van der Waals surface area contributed by atoms with E-state index in [0.29, 0.717) is 5.75 Å². The molecular formula is C11H17NO. The molecule has 0 aromatic heterocycles. The van der Waals surface area contributed by atoms with Crippen LogP contribution >= 0.6 is 0 Å². The molecular weight excluding hydrogens is 162 g/mol. The second kappa shape index (κ2) is 3.79. The average molecular weight is 179 g/mol. The molecule has 0 aliphatic heterocycles. The molecule has 0 unspecified atom stereocenters. The Hall–Kier alpha value is -1.02. The van der Waals surface area contributed by atoms with Crippen LogP contribution in [0.15, 0.2) is 24.3 Å². The predicted molar refractivity (Wildman–Crippen MR) is 54.7 cm³/mol. The van der Waals surface area contributed by atoms with E-state index in [1.165, 1.54) is 0 Å². The third kappa shape index (κ3) is 3.95. The molecule has 0 saturated heterocycles. The van der Waals surface area contributed by atoms with Crippen molar-refractivity contribution >= 4 is 0 Å². The molecule has 1 aromatic carbocycles. The van der Waals surface area contributed by atoms with Crippen molar-refractivity contribution in [1.82, 2.24) is 5.32 Å². The molecule has 2 nitrogen and oxygen atoms in total. The third-order valence-corrected chi connectivity index (χ3v) is 1.73. The Balaban J connectivity index is 2.55. The Labute approximate surface area is 79.6 Å². The number of rotatable bonds is 2. The van der Waals surface area contributed by atoms with Crippen molar-refractivity contribution in [3.8, 4) is 5.75 Å². The number of phenols is 1. The lowest BCUT2D eigenvalue weighted by atomic mass is 10.1. The minimum atomic E-state index is 0.117. The zero-order valence-corrected chi connectivity index (χ0v) is 8.46. The number of hydrogen-bond acceptors (Lipinski definition) is 2. The van der Waals surface area contributed by atoms with E-state index in [0.717, 1.165) is 12.1 Å². The van der Waals surface area contributed by atoms with Gasteiger partial charge in [-0.15, -0.1) is 0 Å². The van der Waals surface area contributed by atoms with Gasteiger partial charge in [0.05, 0.1) is 0 Å². The molecule has 0 atom stereocenters. The summed E-state index contributed by atoms with van der Waals surface area (Å²) in [5.74, 6) is 0.327. The Bertz CT molecular complexity index is 276. The fraction of sp³-hybridized carbons (Fsp3) is 0.455. The van der Waals surface area contributed by atoms with Gasteiger partial charge in [-0.2, -0.15) is 0 Å². The monoisotopic (exact) mass is 179 g/mol. The fourth-order valence-electron chi connectivity index (χ4n) is 1.03. The highest BCUT2D eigenvalue weighted by atomic mass is 16.3. The highest BCUT2D eigenvalue weighted by Crippen LogP contribution is 2.11. The van der Waals surface area contributed by atoms with Crippen LogP contribution in [0.3, 0.4) is 0 Å². The summed E-state index contributed by atoms with van der Waals surface area (Å²) in [5.41, 5.74) is 1.22. The van der Waals surface area contributed by atoms with Gasteiger partial charge in [0.2, 0.25) is 0 Å². The third-order valence-electron chi connectivity index (χ3n) is 1.73. The molecule has 0 spiro atoms. The summed E-state index contributed by atoms with van der Waals surface area (Å²) in [6.45, 7) is 7.15. The maximum atomic E-state index is 9.21. The summed E-state index contributed by atoms with van der Waals surface area (Å²) in [6, 6.07) is 7.31. The van der Waals surface area contributed by atoms with Crippen LogP contribution in [0, 0.1) is 0 Å². The van der Waals surface area contributed by atoms with E-state index in [2.05, 4.69) is 26.1 Å². The summed E-state index contributed by atoms with van der Waals surface area (Å²) in [6.07, 6.45) is 0. The van der Waals surface area contributed by atoms with Crippen LogP contribution < -0.4 is 5.32 Å². The first-order chi connectivity index (χ1) is 5.97. The van der Waals surface area contributed by atoms with Crippen molar-refractivity contribution in [2.45, 2.75) is 32.9 Å². The number of phenolic OH excluding ortho intramolecular Hbond substituents is 1. The van der Waals surface area contributed by atoms with Crippen molar-refractivity contribution in [2.24, 2.45) is 0 Å². The van der Waals surface area contributed by atoms with Crippen molar-refractivity contribution in [3.63, 3.8) is 0 Å². The first kappa shape index (κ1) is 10.1. The zero-order valence-electron chi connectivity index (χ0n) is 8.46. The second-order valence-electron chi connectivity index (χ2n) is 4.27. The molecule has 0 saturated carbocycles. The van der Waals surface area contributed by atoms with E-state index in [1.807, 2.05) is 12.1 Å².